The van der Waals surface area contributed by atoms with Crippen molar-refractivity contribution >= 4 is 29.2 Å². The zero-order valence-electron chi connectivity index (χ0n) is 18.4. The smallest absolute Gasteiger partial charge is 0.236 e. The molecular weight excluding hydrogens is 457 g/mol. The van der Waals surface area contributed by atoms with Crippen LogP contribution < -0.4 is 15.4 Å². The Labute approximate surface area is 198 Å². The highest BCUT2D eigenvalue weighted by Crippen LogP contribution is 2.47. The van der Waals surface area contributed by atoms with E-state index in [-0.39, 0.29) is 11.9 Å². The van der Waals surface area contributed by atoms with E-state index in [0.29, 0.717) is 30.4 Å². The van der Waals surface area contributed by atoms with Crippen LogP contribution in [0.15, 0.2) is 47.0 Å². The van der Waals surface area contributed by atoms with Gasteiger partial charge < -0.3 is 15.4 Å². The number of aliphatic imine (C=N–C) groups is 1. The zero-order valence-corrected chi connectivity index (χ0v) is 19.2. The van der Waals surface area contributed by atoms with Crippen LogP contribution >= 0.6 is 11.3 Å². The maximum absolute atomic E-state index is 13.4. The molecule has 5 rings (SSSR count). The van der Waals surface area contributed by atoms with Crippen LogP contribution in [-0.2, 0) is 10.3 Å². The van der Waals surface area contributed by atoms with Gasteiger partial charge in [-0.2, -0.15) is 5.26 Å². The molecule has 1 fully saturated rings. The average Bonchev–Trinajstić information content (AvgIpc) is 3.49. The van der Waals surface area contributed by atoms with Crippen molar-refractivity contribution in [1.82, 2.24) is 14.9 Å². The fourth-order valence-electron chi connectivity index (χ4n) is 4.45. The highest BCUT2D eigenvalue weighted by Gasteiger charge is 2.56. The molecule has 0 aliphatic carbocycles. The number of amides is 1. The van der Waals surface area contributed by atoms with Gasteiger partial charge in [-0.3, -0.25) is 9.69 Å². The summed E-state index contributed by atoms with van der Waals surface area (Å²) in [4.78, 5) is 30.3. The number of aromatic nitrogens is 2. The fraction of sp³-hybridized carbons (Fsp3) is 0.261. The van der Waals surface area contributed by atoms with Crippen LogP contribution in [0.1, 0.15) is 10.4 Å². The van der Waals surface area contributed by atoms with Crippen LogP contribution in [0.3, 0.4) is 0 Å². The lowest BCUT2D eigenvalue weighted by atomic mass is 9.83. The van der Waals surface area contributed by atoms with E-state index in [0.717, 1.165) is 28.4 Å². The minimum Gasteiger partial charge on any atom is -0.497 e. The van der Waals surface area contributed by atoms with Crippen LogP contribution in [0.25, 0.3) is 11.1 Å². The minimum absolute atomic E-state index is 0.131. The second-order valence-corrected chi connectivity index (χ2v) is 9.10. The molecule has 11 heteroatoms. The summed E-state index contributed by atoms with van der Waals surface area (Å²) in [5.74, 6) is -0.180. The molecule has 0 unspecified atom stereocenters. The number of nitrogens with two attached hydrogens (primary N) is 1. The number of rotatable bonds is 4. The molecule has 0 radical (unpaired) electrons. The number of ether oxygens (including phenoxy) is 1. The Kier molecular flexibility index (Phi) is 5.17. The standard InChI is InChI=1S/C23H20FN7O2S/c1-30-20(32)18-10-31(22-27-8-16(24)9-28-22)12-23(18,29-21(30)26)19-6-15(11-34-19)14-3-13(7-25)4-17(5-14)33-2/h3-6,8-9,11,18H,10,12H2,1-2H3,(H2,26,29)/t18-,23-/m0/s1. The van der Waals surface area contributed by atoms with Crippen LogP contribution in [-0.4, -0.2) is 54.0 Å². The third kappa shape index (κ3) is 3.43. The first-order chi connectivity index (χ1) is 16.3. The molecule has 0 spiro atoms. The molecule has 3 aromatic rings. The van der Waals surface area contributed by atoms with E-state index in [1.165, 1.54) is 16.2 Å². The maximum Gasteiger partial charge on any atom is 0.236 e. The first-order valence-electron chi connectivity index (χ1n) is 10.4. The Morgan fingerprint density at radius 2 is 2.03 bits per heavy atom. The van der Waals surface area contributed by atoms with Gasteiger partial charge in [-0.1, -0.05) is 0 Å². The van der Waals surface area contributed by atoms with Gasteiger partial charge >= 0.3 is 0 Å². The van der Waals surface area contributed by atoms with Gasteiger partial charge in [0.1, 0.15) is 11.3 Å². The summed E-state index contributed by atoms with van der Waals surface area (Å²) < 4.78 is 18.7. The Hall–Kier alpha value is -4.04. The van der Waals surface area contributed by atoms with Crippen molar-refractivity contribution in [2.75, 3.05) is 32.1 Å². The number of benzene rings is 1. The SMILES string of the molecule is COc1cc(C#N)cc(-c2csc([C@]34CN(c5ncc(F)cn5)C[C@H]3C(=O)N(C)C(N)=N4)c2)c1. The van der Waals surface area contributed by atoms with Crippen molar-refractivity contribution < 1.29 is 13.9 Å². The third-order valence-electron chi connectivity index (χ3n) is 6.22. The molecule has 1 amide bonds. The van der Waals surface area contributed by atoms with E-state index in [1.54, 1.807) is 26.3 Å². The zero-order chi connectivity index (χ0) is 24.0. The number of methoxy groups -OCH3 is 1. The van der Waals surface area contributed by atoms with Crippen LogP contribution in [0, 0.1) is 23.1 Å². The van der Waals surface area contributed by atoms with E-state index < -0.39 is 17.3 Å². The molecule has 1 aromatic carbocycles. The van der Waals surface area contributed by atoms with Crippen molar-refractivity contribution in [3.8, 4) is 22.9 Å². The number of guanidine groups is 1. The summed E-state index contributed by atoms with van der Waals surface area (Å²) in [6.07, 6.45) is 2.20. The van der Waals surface area contributed by atoms with Gasteiger partial charge in [-0.25, -0.2) is 19.4 Å². The molecule has 1 saturated heterocycles. The number of thiophene rings is 1. The lowest BCUT2D eigenvalue weighted by Gasteiger charge is -2.36. The first kappa shape index (κ1) is 21.8. The first-order valence-corrected chi connectivity index (χ1v) is 11.3. The molecule has 9 nitrogen and oxygen atoms in total. The number of nitrogens with zero attached hydrogens (tertiary/aromatic N) is 6. The van der Waals surface area contributed by atoms with Crippen molar-refractivity contribution in [3.05, 3.63) is 58.3 Å². The number of anilines is 1. The van der Waals surface area contributed by atoms with Gasteiger partial charge in [0.05, 0.1) is 43.6 Å². The minimum atomic E-state index is -0.939. The Morgan fingerprint density at radius 1 is 1.26 bits per heavy atom. The van der Waals surface area contributed by atoms with E-state index in [9.17, 15) is 14.4 Å². The maximum atomic E-state index is 13.4. The number of fused-ring (bicyclic) bond motifs is 1. The molecule has 2 N–H and O–H groups in total. The van der Waals surface area contributed by atoms with Gasteiger partial charge in [-0.05, 0) is 40.8 Å². The predicted octanol–water partition coefficient (Wildman–Crippen LogP) is 2.34. The summed E-state index contributed by atoms with van der Waals surface area (Å²) in [6, 6.07) is 9.43. The summed E-state index contributed by atoms with van der Waals surface area (Å²) in [7, 11) is 3.15. The molecule has 0 bridgehead atoms. The lowest BCUT2D eigenvalue weighted by Crippen LogP contribution is -2.54. The lowest BCUT2D eigenvalue weighted by molar-refractivity contribution is -0.132. The van der Waals surface area contributed by atoms with Crippen LogP contribution in [0.4, 0.5) is 10.3 Å². The molecular formula is C23H20FN7O2S. The second-order valence-electron chi connectivity index (χ2n) is 8.19. The Bertz CT molecular complexity index is 1350. The van der Waals surface area contributed by atoms with Crippen molar-refractivity contribution in [2.24, 2.45) is 16.6 Å². The molecule has 4 heterocycles. The van der Waals surface area contributed by atoms with E-state index >= 15 is 0 Å². The normalized spacial score (nSPS) is 21.8. The summed E-state index contributed by atoms with van der Waals surface area (Å²) in [6.45, 7) is 0.627. The second kappa shape index (κ2) is 8.07. The van der Waals surface area contributed by atoms with Crippen molar-refractivity contribution in [3.63, 3.8) is 0 Å². The monoisotopic (exact) mass is 477 g/mol. The van der Waals surface area contributed by atoms with Crippen LogP contribution in [0.5, 0.6) is 5.75 Å². The molecule has 172 valence electrons. The summed E-state index contributed by atoms with van der Waals surface area (Å²) >= 11 is 1.47. The van der Waals surface area contributed by atoms with Gasteiger partial charge in [0.2, 0.25) is 11.9 Å². The Balaban J connectivity index is 1.59. The number of hydrogen-bond donors (Lipinski definition) is 1. The molecule has 2 aliphatic rings. The predicted molar refractivity (Wildman–Crippen MR) is 125 cm³/mol. The summed E-state index contributed by atoms with van der Waals surface area (Å²) in [5, 5.41) is 11.3. The quantitative estimate of drug-likeness (QED) is 0.612. The topological polar surface area (TPSA) is 121 Å². The van der Waals surface area contributed by atoms with Crippen molar-refractivity contribution in [2.45, 2.75) is 5.54 Å². The van der Waals surface area contributed by atoms with Gasteiger partial charge in [0.25, 0.3) is 0 Å². The Morgan fingerprint density at radius 3 is 2.74 bits per heavy atom. The number of hydrogen-bond acceptors (Lipinski definition) is 9. The third-order valence-corrected chi connectivity index (χ3v) is 7.32. The number of nitriles is 1. The highest BCUT2D eigenvalue weighted by molar-refractivity contribution is 7.10. The molecule has 34 heavy (non-hydrogen) atoms. The molecule has 0 saturated carbocycles. The van der Waals surface area contributed by atoms with Gasteiger partial charge in [-0.15, -0.1) is 11.3 Å². The number of halogens is 1. The molecule has 2 atom stereocenters. The average molecular weight is 478 g/mol. The highest BCUT2D eigenvalue weighted by atomic mass is 32.1. The fourth-order valence-corrected chi connectivity index (χ4v) is 5.56. The number of carbonyl (C=O) groups is 1. The number of carbonyl (C=O) groups excluding carboxylic acids is 1. The van der Waals surface area contributed by atoms with Gasteiger partial charge in [0.15, 0.2) is 11.8 Å². The molecule has 2 aliphatic heterocycles. The van der Waals surface area contributed by atoms with Crippen molar-refractivity contribution in [1.29, 1.82) is 5.26 Å². The van der Waals surface area contributed by atoms with Crippen LogP contribution in [0.2, 0.25) is 0 Å². The molecule has 2 aromatic heterocycles. The van der Waals surface area contributed by atoms with Gasteiger partial charge in [0, 0.05) is 18.5 Å². The largest absolute Gasteiger partial charge is 0.497 e. The van der Waals surface area contributed by atoms with E-state index in [4.69, 9.17) is 15.5 Å². The summed E-state index contributed by atoms with van der Waals surface area (Å²) in [5.41, 5.74) is 7.39. The van der Waals surface area contributed by atoms with E-state index in [2.05, 4.69) is 16.0 Å². The van der Waals surface area contributed by atoms with E-state index in [1.807, 2.05) is 22.4 Å².